The first kappa shape index (κ1) is 16.2. The van der Waals surface area contributed by atoms with Crippen molar-refractivity contribution in [2.24, 2.45) is 7.05 Å². The first-order valence-corrected chi connectivity index (χ1v) is 8.08. The monoisotopic (exact) mass is 322 g/mol. The number of hydrogen-bond acceptors (Lipinski definition) is 3. The Morgan fingerprint density at radius 3 is 2.71 bits per heavy atom. The maximum Gasteiger partial charge on any atom is 0.254 e. The van der Waals surface area contributed by atoms with Crippen LogP contribution in [0.25, 0.3) is 10.9 Å². The molecule has 0 N–H and O–H groups in total. The molecule has 2 aromatic heterocycles. The molecule has 5 nitrogen and oxygen atoms in total. The number of imidazole rings is 1. The van der Waals surface area contributed by atoms with Crippen LogP contribution in [-0.2, 0) is 13.6 Å². The van der Waals surface area contributed by atoms with Crippen molar-refractivity contribution in [3.05, 3.63) is 59.8 Å². The van der Waals surface area contributed by atoms with Crippen LogP contribution in [0.3, 0.4) is 0 Å². The summed E-state index contributed by atoms with van der Waals surface area (Å²) in [4.78, 5) is 23.7. The van der Waals surface area contributed by atoms with Gasteiger partial charge in [-0.25, -0.2) is 4.98 Å². The standard InChI is InChI=1S/C19H22N4O/c1-13(2)17-11-15(14-7-5-6-8-16(14)21-17)19(24)23(4)12-18-20-9-10-22(18)3/h5-11,13H,12H2,1-4H3. The highest BCUT2D eigenvalue weighted by molar-refractivity contribution is 6.06. The number of aryl methyl sites for hydroxylation is 1. The quantitative estimate of drug-likeness (QED) is 0.740. The Hall–Kier alpha value is -2.69. The molecule has 0 fully saturated rings. The maximum absolute atomic E-state index is 13.0. The second-order valence-corrected chi connectivity index (χ2v) is 6.38. The van der Waals surface area contributed by atoms with Crippen LogP contribution >= 0.6 is 0 Å². The summed E-state index contributed by atoms with van der Waals surface area (Å²) in [6, 6.07) is 9.72. The fourth-order valence-electron chi connectivity index (χ4n) is 2.71. The average molecular weight is 322 g/mol. The molecule has 0 unspecified atom stereocenters. The van der Waals surface area contributed by atoms with Crippen molar-refractivity contribution < 1.29 is 4.79 Å². The first-order valence-electron chi connectivity index (χ1n) is 8.08. The van der Waals surface area contributed by atoms with Crippen LogP contribution in [-0.4, -0.2) is 32.4 Å². The summed E-state index contributed by atoms with van der Waals surface area (Å²) >= 11 is 0. The van der Waals surface area contributed by atoms with Crippen molar-refractivity contribution in [1.82, 2.24) is 19.4 Å². The van der Waals surface area contributed by atoms with Crippen LogP contribution in [0, 0.1) is 0 Å². The van der Waals surface area contributed by atoms with Crippen molar-refractivity contribution in [1.29, 1.82) is 0 Å². The molecule has 0 saturated heterocycles. The Kier molecular flexibility index (Phi) is 4.34. The molecule has 2 heterocycles. The Morgan fingerprint density at radius 2 is 2.04 bits per heavy atom. The number of carbonyl (C=O) groups excluding carboxylic acids is 1. The molecule has 24 heavy (non-hydrogen) atoms. The highest BCUT2D eigenvalue weighted by atomic mass is 16.2. The van der Waals surface area contributed by atoms with Crippen molar-refractivity contribution in [3.8, 4) is 0 Å². The lowest BCUT2D eigenvalue weighted by molar-refractivity contribution is 0.0782. The lowest BCUT2D eigenvalue weighted by Gasteiger charge is -2.19. The third-order valence-corrected chi connectivity index (χ3v) is 4.20. The second-order valence-electron chi connectivity index (χ2n) is 6.38. The van der Waals surface area contributed by atoms with Crippen LogP contribution in [0.15, 0.2) is 42.7 Å². The minimum Gasteiger partial charge on any atom is -0.337 e. The van der Waals surface area contributed by atoms with E-state index in [9.17, 15) is 4.79 Å². The van der Waals surface area contributed by atoms with E-state index >= 15 is 0 Å². The molecule has 0 atom stereocenters. The molecule has 0 aliphatic heterocycles. The minimum absolute atomic E-state index is 0.0153. The van der Waals surface area contributed by atoms with Crippen LogP contribution < -0.4 is 0 Å². The summed E-state index contributed by atoms with van der Waals surface area (Å²) in [7, 11) is 3.74. The van der Waals surface area contributed by atoms with Gasteiger partial charge >= 0.3 is 0 Å². The number of fused-ring (bicyclic) bond motifs is 1. The summed E-state index contributed by atoms with van der Waals surface area (Å²) in [6.07, 6.45) is 3.62. The normalized spacial score (nSPS) is 11.2. The molecular weight excluding hydrogens is 300 g/mol. The smallest absolute Gasteiger partial charge is 0.254 e. The molecule has 5 heteroatoms. The van der Waals surface area contributed by atoms with Crippen LogP contribution in [0.4, 0.5) is 0 Å². The van der Waals surface area contributed by atoms with E-state index in [1.807, 2.05) is 48.1 Å². The van der Waals surface area contributed by atoms with Crippen molar-refractivity contribution in [2.45, 2.75) is 26.3 Å². The summed E-state index contributed by atoms with van der Waals surface area (Å²) in [5.41, 5.74) is 2.49. The van der Waals surface area contributed by atoms with Crippen molar-refractivity contribution in [3.63, 3.8) is 0 Å². The van der Waals surface area contributed by atoms with Gasteiger partial charge in [-0.2, -0.15) is 0 Å². The third-order valence-electron chi connectivity index (χ3n) is 4.20. The summed E-state index contributed by atoms with van der Waals surface area (Å²) in [6.45, 7) is 4.64. The van der Waals surface area contributed by atoms with Gasteiger partial charge in [0.2, 0.25) is 0 Å². The molecule has 1 amide bonds. The molecule has 3 rings (SSSR count). The number of pyridine rings is 1. The van der Waals surface area contributed by atoms with Crippen LogP contribution in [0.5, 0.6) is 0 Å². The summed E-state index contributed by atoms with van der Waals surface area (Å²) in [5, 5.41) is 0.888. The van der Waals surface area contributed by atoms with E-state index in [4.69, 9.17) is 0 Å². The highest BCUT2D eigenvalue weighted by Crippen LogP contribution is 2.23. The summed E-state index contributed by atoms with van der Waals surface area (Å²) < 4.78 is 1.92. The predicted octanol–water partition coefficient (Wildman–Crippen LogP) is 3.36. The van der Waals surface area contributed by atoms with Crippen LogP contribution in [0.2, 0.25) is 0 Å². The molecule has 0 saturated carbocycles. The predicted molar refractivity (Wildman–Crippen MR) is 94.8 cm³/mol. The van der Waals surface area contributed by atoms with E-state index in [1.165, 1.54) is 0 Å². The average Bonchev–Trinajstić information content (AvgIpc) is 2.97. The van der Waals surface area contributed by atoms with Gasteiger partial charge in [-0.3, -0.25) is 9.78 Å². The third kappa shape index (κ3) is 3.02. The molecule has 0 aliphatic carbocycles. The topological polar surface area (TPSA) is 51.0 Å². The van der Waals surface area contributed by atoms with Gasteiger partial charge in [0, 0.05) is 37.6 Å². The van der Waals surface area contributed by atoms with Crippen molar-refractivity contribution in [2.75, 3.05) is 7.05 Å². The van der Waals surface area contributed by atoms with E-state index in [1.54, 1.807) is 18.1 Å². The number of aromatic nitrogens is 3. The Labute approximate surface area is 142 Å². The Morgan fingerprint density at radius 1 is 1.29 bits per heavy atom. The first-order chi connectivity index (χ1) is 11.5. The van der Waals surface area contributed by atoms with E-state index in [2.05, 4.69) is 23.8 Å². The maximum atomic E-state index is 13.0. The van der Waals surface area contributed by atoms with Gasteiger partial charge in [0.05, 0.1) is 17.6 Å². The molecule has 0 aliphatic rings. The SMILES string of the molecule is CC(C)c1cc(C(=O)N(C)Cc2nccn2C)c2ccccc2n1. The van der Waals surface area contributed by atoms with Gasteiger partial charge in [0.15, 0.2) is 0 Å². The van der Waals surface area contributed by atoms with Gasteiger partial charge in [-0.15, -0.1) is 0 Å². The molecule has 3 aromatic rings. The Balaban J connectivity index is 2.00. The number of amides is 1. The van der Waals surface area contributed by atoms with Gasteiger partial charge in [0.25, 0.3) is 5.91 Å². The van der Waals surface area contributed by atoms with E-state index in [-0.39, 0.29) is 11.8 Å². The number of para-hydroxylation sites is 1. The second kappa shape index (κ2) is 6.43. The van der Waals surface area contributed by atoms with Gasteiger partial charge in [0.1, 0.15) is 5.82 Å². The number of hydrogen-bond donors (Lipinski definition) is 0. The van der Waals surface area contributed by atoms with Gasteiger partial charge < -0.3 is 9.47 Å². The fourth-order valence-corrected chi connectivity index (χ4v) is 2.71. The summed E-state index contributed by atoms with van der Waals surface area (Å²) in [5.74, 6) is 1.10. The minimum atomic E-state index is -0.0153. The number of nitrogens with zero attached hydrogens (tertiary/aromatic N) is 4. The number of benzene rings is 1. The van der Waals surface area contributed by atoms with Crippen molar-refractivity contribution >= 4 is 16.8 Å². The van der Waals surface area contributed by atoms with E-state index in [0.29, 0.717) is 12.1 Å². The van der Waals surface area contributed by atoms with Gasteiger partial charge in [-0.1, -0.05) is 32.0 Å². The zero-order chi connectivity index (χ0) is 17.3. The lowest BCUT2D eigenvalue weighted by Crippen LogP contribution is -2.28. The highest BCUT2D eigenvalue weighted by Gasteiger charge is 2.18. The molecule has 1 aromatic carbocycles. The molecule has 124 valence electrons. The molecule has 0 bridgehead atoms. The molecule has 0 radical (unpaired) electrons. The Bertz CT molecular complexity index is 882. The zero-order valence-corrected chi connectivity index (χ0v) is 14.5. The van der Waals surface area contributed by atoms with E-state index in [0.717, 1.165) is 22.4 Å². The fraction of sp³-hybridized carbons (Fsp3) is 0.316. The number of rotatable bonds is 4. The lowest BCUT2D eigenvalue weighted by atomic mass is 10.0. The largest absolute Gasteiger partial charge is 0.337 e. The van der Waals surface area contributed by atoms with Gasteiger partial charge in [-0.05, 0) is 18.1 Å². The molecular formula is C19H22N4O. The number of carbonyl (C=O) groups is 1. The molecule has 0 spiro atoms. The van der Waals surface area contributed by atoms with Crippen LogP contribution in [0.1, 0.15) is 41.6 Å². The zero-order valence-electron chi connectivity index (χ0n) is 14.5. The van der Waals surface area contributed by atoms with E-state index < -0.39 is 0 Å².